The number of phenolic OH excluding ortho intramolecular Hbond substituents is 2. The van der Waals surface area contributed by atoms with Gasteiger partial charge in [0.05, 0.1) is 0 Å². The Morgan fingerprint density at radius 3 is 2.42 bits per heavy atom. The van der Waals surface area contributed by atoms with Crippen LogP contribution < -0.4 is 0 Å². The fraction of sp³-hybridized carbons (Fsp3) is 0.0625. The number of fused-ring (bicyclic) bond motifs is 1. The van der Waals surface area contributed by atoms with Crippen molar-refractivity contribution < 1.29 is 10.2 Å². The van der Waals surface area contributed by atoms with Gasteiger partial charge in [0, 0.05) is 11.1 Å². The molecule has 2 aromatic carbocycles. The smallest absolute Gasteiger partial charge is 0.141 e. The van der Waals surface area contributed by atoms with Crippen LogP contribution in [-0.4, -0.2) is 15.2 Å². The third-order valence-electron chi connectivity index (χ3n) is 3.12. The first kappa shape index (κ1) is 11.5. The van der Waals surface area contributed by atoms with E-state index in [1.54, 1.807) is 24.3 Å². The number of rotatable bonds is 1. The number of aryl methyl sites for hydroxylation is 1. The normalized spacial score (nSPS) is 10.8. The van der Waals surface area contributed by atoms with Gasteiger partial charge in [-0.3, -0.25) is 0 Å². The Bertz CT molecular complexity index is 749. The van der Waals surface area contributed by atoms with Crippen molar-refractivity contribution in [2.24, 2.45) is 0 Å². The van der Waals surface area contributed by atoms with Gasteiger partial charge in [-0.05, 0) is 42.3 Å². The molecular weight excluding hydrogens is 238 g/mol. The van der Waals surface area contributed by atoms with Crippen molar-refractivity contribution in [3.63, 3.8) is 0 Å². The minimum Gasteiger partial charge on any atom is -0.508 e. The lowest BCUT2D eigenvalue weighted by atomic mass is 10.00. The van der Waals surface area contributed by atoms with Gasteiger partial charge < -0.3 is 10.2 Å². The van der Waals surface area contributed by atoms with Crippen molar-refractivity contribution in [1.82, 2.24) is 4.98 Å². The van der Waals surface area contributed by atoms with Crippen LogP contribution in [0.25, 0.3) is 22.0 Å². The van der Waals surface area contributed by atoms with Crippen LogP contribution in [0, 0.1) is 6.92 Å². The average Bonchev–Trinajstić information content (AvgIpc) is 2.40. The molecule has 0 fully saturated rings. The molecule has 0 aliphatic carbocycles. The fourth-order valence-electron chi connectivity index (χ4n) is 2.24. The van der Waals surface area contributed by atoms with Crippen LogP contribution in [0.4, 0.5) is 0 Å². The summed E-state index contributed by atoms with van der Waals surface area (Å²) < 4.78 is 0. The lowest BCUT2D eigenvalue weighted by Gasteiger charge is -2.09. The molecule has 0 saturated carbocycles. The summed E-state index contributed by atoms with van der Waals surface area (Å²) in [7, 11) is 0. The van der Waals surface area contributed by atoms with Crippen LogP contribution in [-0.2, 0) is 0 Å². The highest BCUT2D eigenvalue weighted by Crippen LogP contribution is 2.33. The number of nitrogens with zero attached hydrogens (tertiary/aromatic N) is 1. The minimum atomic E-state index is 0.182. The van der Waals surface area contributed by atoms with Crippen LogP contribution in [0.3, 0.4) is 0 Å². The lowest BCUT2D eigenvalue weighted by molar-refractivity contribution is 0.475. The average molecular weight is 251 g/mol. The standard InChI is InChI=1S/C16H13NO2/c1-10-9-14(11-5-7-12(18)8-6-11)13-3-2-4-15(19)16(13)17-10/h2-9,18-19H,1H3. The molecule has 0 saturated heterocycles. The SMILES string of the molecule is Cc1cc(-c2ccc(O)cc2)c2cccc(O)c2n1. The zero-order valence-electron chi connectivity index (χ0n) is 10.5. The summed E-state index contributed by atoms with van der Waals surface area (Å²) in [5.74, 6) is 0.419. The van der Waals surface area contributed by atoms with Crippen molar-refractivity contribution in [3.05, 3.63) is 54.2 Å². The molecule has 3 rings (SSSR count). The molecule has 1 aromatic heterocycles. The van der Waals surface area contributed by atoms with E-state index >= 15 is 0 Å². The number of phenols is 2. The van der Waals surface area contributed by atoms with E-state index in [1.807, 2.05) is 31.2 Å². The molecular formula is C16H13NO2. The first-order valence-corrected chi connectivity index (χ1v) is 6.04. The predicted molar refractivity (Wildman–Crippen MR) is 75.2 cm³/mol. The van der Waals surface area contributed by atoms with Gasteiger partial charge in [0.25, 0.3) is 0 Å². The Kier molecular flexibility index (Phi) is 2.60. The maximum atomic E-state index is 9.91. The molecule has 0 bridgehead atoms. The molecule has 0 radical (unpaired) electrons. The van der Waals surface area contributed by atoms with E-state index in [0.717, 1.165) is 22.2 Å². The highest BCUT2D eigenvalue weighted by molar-refractivity contribution is 5.97. The second-order valence-electron chi connectivity index (χ2n) is 4.53. The first-order valence-electron chi connectivity index (χ1n) is 6.04. The van der Waals surface area contributed by atoms with Gasteiger partial charge in [0.2, 0.25) is 0 Å². The largest absolute Gasteiger partial charge is 0.508 e. The van der Waals surface area contributed by atoms with Crippen LogP contribution in [0.5, 0.6) is 11.5 Å². The minimum absolute atomic E-state index is 0.182. The van der Waals surface area contributed by atoms with Gasteiger partial charge in [-0.15, -0.1) is 0 Å². The summed E-state index contributed by atoms with van der Waals surface area (Å²) in [6.45, 7) is 1.90. The van der Waals surface area contributed by atoms with Crippen LogP contribution in [0.15, 0.2) is 48.5 Å². The molecule has 0 amide bonds. The predicted octanol–water partition coefficient (Wildman–Crippen LogP) is 3.62. The molecule has 0 aliphatic heterocycles. The topological polar surface area (TPSA) is 53.4 Å². The van der Waals surface area contributed by atoms with Crippen molar-refractivity contribution in [3.8, 4) is 22.6 Å². The third kappa shape index (κ3) is 1.99. The molecule has 94 valence electrons. The Morgan fingerprint density at radius 2 is 1.68 bits per heavy atom. The summed E-state index contributed by atoms with van der Waals surface area (Å²) >= 11 is 0. The van der Waals surface area contributed by atoms with Gasteiger partial charge in [0.15, 0.2) is 0 Å². The second-order valence-corrected chi connectivity index (χ2v) is 4.53. The molecule has 0 unspecified atom stereocenters. The van der Waals surface area contributed by atoms with Crippen LogP contribution in [0.2, 0.25) is 0 Å². The van der Waals surface area contributed by atoms with Gasteiger partial charge in [-0.2, -0.15) is 0 Å². The molecule has 2 N–H and O–H groups in total. The number of benzene rings is 2. The highest BCUT2D eigenvalue weighted by atomic mass is 16.3. The summed E-state index contributed by atoms with van der Waals surface area (Å²) in [6.07, 6.45) is 0. The first-order chi connectivity index (χ1) is 9.15. The number of hydrogen-bond donors (Lipinski definition) is 2. The summed E-state index contributed by atoms with van der Waals surface area (Å²) in [5.41, 5.74) is 3.43. The molecule has 3 nitrogen and oxygen atoms in total. The lowest BCUT2D eigenvalue weighted by Crippen LogP contribution is -1.88. The quantitative estimate of drug-likeness (QED) is 0.694. The van der Waals surface area contributed by atoms with Crippen LogP contribution >= 0.6 is 0 Å². The summed E-state index contributed by atoms with van der Waals surface area (Å²) in [6, 6.07) is 14.4. The number of para-hydroxylation sites is 1. The molecule has 0 aliphatic rings. The van der Waals surface area contributed by atoms with Crippen molar-refractivity contribution >= 4 is 10.9 Å². The Balaban J connectivity index is 2.34. The van der Waals surface area contributed by atoms with Gasteiger partial charge in [0.1, 0.15) is 17.0 Å². The molecule has 3 aromatic rings. The van der Waals surface area contributed by atoms with E-state index in [2.05, 4.69) is 4.98 Å². The molecule has 0 atom stereocenters. The van der Waals surface area contributed by atoms with E-state index in [0.29, 0.717) is 5.52 Å². The van der Waals surface area contributed by atoms with E-state index in [1.165, 1.54) is 0 Å². The van der Waals surface area contributed by atoms with Gasteiger partial charge in [-0.1, -0.05) is 24.3 Å². The summed E-state index contributed by atoms with van der Waals surface area (Å²) in [5, 5.41) is 20.2. The van der Waals surface area contributed by atoms with Gasteiger partial charge in [-0.25, -0.2) is 4.98 Å². The van der Waals surface area contributed by atoms with E-state index < -0.39 is 0 Å². The monoisotopic (exact) mass is 251 g/mol. The fourth-order valence-corrected chi connectivity index (χ4v) is 2.24. The Labute approximate surface area is 110 Å². The molecule has 1 heterocycles. The van der Waals surface area contributed by atoms with Crippen molar-refractivity contribution in [2.75, 3.05) is 0 Å². The Morgan fingerprint density at radius 1 is 0.947 bits per heavy atom. The third-order valence-corrected chi connectivity index (χ3v) is 3.12. The maximum Gasteiger partial charge on any atom is 0.141 e. The van der Waals surface area contributed by atoms with E-state index in [9.17, 15) is 10.2 Å². The number of aromatic hydroxyl groups is 2. The molecule has 3 heteroatoms. The number of pyridine rings is 1. The van der Waals surface area contributed by atoms with E-state index in [-0.39, 0.29) is 11.5 Å². The zero-order valence-corrected chi connectivity index (χ0v) is 10.5. The second kappa shape index (κ2) is 4.28. The van der Waals surface area contributed by atoms with Crippen LogP contribution in [0.1, 0.15) is 5.69 Å². The zero-order chi connectivity index (χ0) is 13.4. The van der Waals surface area contributed by atoms with Gasteiger partial charge >= 0.3 is 0 Å². The number of aromatic nitrogens is 1. The van der Waals surface area contributed by atoms with Crippen molar-refractivity contribution in [1.29, 1.82) is 0 Å². The molecule has 19 heavy (non-hydrogen) atoms. The Hall–Kier alpha value is -2.55. The number of hydrogen-bond acceptors (Lipinski definition) is 3. The summed E-state index contributed by atoms with van der Waals surface area (Å²) in [4.78, 5) is 4.38. The molecule has 0 spiro atoms. The van der Waals surface area contributed by atoms with Crippen molar-refractivity contribution in [2.45, 2.75) is 6.92 Å². The highest BCUT2D eigenvalue weighted by Gasteiger charge is 2.09. The van der Waals surface area contributed by atoms with E-state index in [4.69, 9.17) is 0 Å². The maximum absolute atomic E-state index is 9.91.